The Hall–Kier alpha value is -1.52. The van der Waals surface area contributed by atoms with Crippen molar-refractivity contribution in [3.63, 3.8) is 0 Å². The van der Waals surface area contributed by atoms with Gasteiger partial charge < -0.3 is 15.0 Å². The molecule has 4 nitrogen and oxygen atoms in total. The van der Waals surface area contributed by atoms with Crippen LogP contribution in [0.5, 0.6) is 5.75 Å². The van der Waals surface area contributed by atoms with Gasteiger partial charge in [0.2, 0.25) is 0 Å². The molecule has 0 saturated carbocycles. The highest BCUT2D eigenvalue weighted by atomic mass is 35.5. The summed E-state index contributed by atoms with van der Waals surface area (Å²) in [4.78, 5) is 3.96. The molecule has 1 heterocycles. The number of hydrogen-bond donors (Lipinski definition) is 1. The maximum Gasteiger partial charge on any atom is 0.123 e. The minimum absolute atomic E-state index is 0.418. The van der Waals surface area contributed by atoms with E-state index in [4.69, 9.17) is 22.1 Å². The molecule has 0 radical (unpaired) electrons. The molecule has 0 spiro atoms. The number of nitrogens with two attached hydrogens (primary N) is 1. The molecule has 0 fully saturated rings. The zero-order valence-electron chi connectivity index (χ0n) is 9.34. The van der Waals surface area contributed by atoms with Crippen molar-refractivity contribution in [3.05, 3.63) is 47.5 Å². The van der Waals surface area contributed by atoms with Gasteiger partial charge in [-0.1, -0.05) is 11.6 Å². The van der Waals surface area contributed by atoms with Crippen molar-refractivity contribution in [2.24, 2.45) is 5.73 Å². The van der Waals surface area contributed by atoms with Crippen LogP contribution in [-0.4, -0.2) is 16.2 Å². The largest absolute Gasteiger partial charge is 0.491 e. The fourth-order valence-electron chi connectivity index (χ4n) is 1.53. The van der Waals surface area contributed by atoms with Gasteiger partial charge in [-0.05, 0) is 18.2 Å². The zero-order chi connectivity index (χ0) is 12.1. The Morgan fingerprint density at radius 3 is 3.00 bits per heavy atom. The van der Waals surface area contributed by atoms with Gasteiger partial charge in [-0.25, -0.2) is 4.98 Å². The van der Waals surface area contributed by atoms with Gasteiger partial charge in [-0.2, -0.15) is 0 Å². The quantitative estimate of drug-likeness (QED) is 0.885. The molecule has 2 aromatic rings. The number of halogens is 1. The third-order valence-electron chi connectivity index (χ3n) is 2.41. The summed E-state index contributed by atoms with van der Waals surface area (Å²) in [5.41, 5.74) is 6.55. The van der Waals surface area contributed by atoms with E-state index < -0.39 is 0 Å². The summed E-state index contributed by atoms with van der Waals surface area (Å²) in [6.45, 7) is 1.75. The second kappa shape index (κ2) is 5.70. The summed E-state index contributed by atoms with van der Waals surface area (Å²) >= 11 is 5.89. The van der Waals surface area contributed by atoms with Crippen molar-refractivity contribution < 1.29 is 4.74 Å². The van der Waals surface area contributed by atoms with Gasteiger partial charge in [0.1, 0.15) is 12.4 Å². The fourth-order valence-corrected chi connectivity index (χ4v) is 1.72. The topological polar surface area (TPSA) is 53.1 Å². The molecule has 0 aliphatic heterocycles. The van der Waals surface area contributed by atoms with Gasteiger partial charge in [0.25, 0.3) is 0 Å². The van der Waals surface area contributed by atoms with E-state index in [0.717, 1.165) is 17.9 Å². The van der Waals surface area contributed by atoms with Gasteiger partial charge >= 0.3 is 0 Å². The average molecular weight is 252 g/mol. The third-order valence-corrected chi connectivity index (χ3v) is 2.64. The number of benzene rings is 1. The lowest BCUT2D eigenvalue weighted by atomic mass is 10.2. The lowest BCUT2D eigenvalue weighted by molar-refractivity contribution is 0.295. The highest BCUT2D eigenvalue weighted by Gasteiger charge is 2.03. The van der Waals surface area contributed by atoms with Gasteiger partial charge in [-0.15, -0.1) is 0 Å². The molecule has 2 N–H and O–H groups in total. The number of nitrogens with zero attached hydrogens (tertiary/aromatic N) is 2. The van der Waals surface area contributed by atoms with Gasteiger partial charge in [0, 0.05) is 29.5 Å². The molecule has 1 aromatic heterocycles. The smallest absolute Gasteiger partial charge is 0.123 e. The first-order valence-electron chi connectivity index (χ1n) is 5.36. The second-order valence-corrected chi connectivity index (χ2v) is 4.04. The van der Waals surface area contributed by atoms with Crippen LogP contribution in [0.1, 0.15) is 5.56 Å². The van der Waals surface area contributed by atoms with E-state index in [1.165, 1.54) is 0 Å². The van der Waals surface area contributed by atoms with Crippen LogP contribution in [0.2, 0.25) is 5.02 Å². The standard InChI is InChI=1S/C12H14ClN3O/c13-11-1-2-12(10(7-11)8-14)17-6-5-16-4-3-15-9-16/h1-4,7,9H,5-6,8,14H2. The van der Waals surface area contributed by atoms with Crippen LogP contribution < -0.4 is 10.5 Å². The zero-order valence-corrected chi connectivity index (χ0v) is 10.1. The maximum absolute atomic E-state index is 5.89. The predicted octanol–water partition coefficient (Wildman–Crippen LogP) is 2.07. The summed E-state index contributed by atoms with van der Waals surface area (Å²) in [7, 11) is 0. The number of hydrogen-bond acceptors (Lipinski definition) is 3. The van der Waals surface area contributed by atoms with Crippen LogP contribution in [0.4, 0.5) is 0 Å². The maximum atomic E-state index is 5.89. The van der Waals surface area contributed by atoms with E-state index in [0.29, 0.717) is 18.2 Å². The Kier molecular flexibility index (Phi) is 4.01. The molecule has 0 saturated heterocycles. The van der Waals surface area contributed by atoms with E-state index in [1.807, 2.05) is 22.9 Å². The van der Waals surface area contributed by atoms with E-state index in [1.54, 1.807) is 18.6 Å². The summed E-state index contributed by atoms with van der Waals surface area (Å²) < 4.78 is 7.63. The molecule has 5 heteroatoms. The SMILES string of the molecule is NCc1cc(Cl)ccc1OCCn1ccnc1. The van der Waals surface area contributed by atoms with Crippen molar-refractivity contribution >= 4 is 11.6 Å². The molecule has 0 unspecified atom stereocenters. The van der Waals surface area contributed by atoms with E-state index in [-0.39, 0.29) is 0 Å². The molecule has 0 bridgehead atoms. The normalized spacial score (nSPS) is 10.5. The first-order valence-corrected chi connectivity index (χ1v) is 5.74. The Labute approximate surface area is 105 Å². The van der Waals surface area contributed by atoms with E-state index in [2.05, 4.69) is 4.98 Å². The van der Waals surface area contributed by atoms with Gasteiger partial charge in [-0.3, -0.25) is 0 Å². The first-order chi connectivity index (χ1) is 8.29. The summed E-state index contributed by atoms with van der Waals surface area (Å²) in [6.07, 6.45) is 5.40. The summed E-state index contributed by atoms with van der Waals surface area (Å²) in [5.74, 6) is 0.789. The molecular weight excluding hydrogens is 238 g/mol. The van der Waals surface area contributed by atoms with Crippen LogP contribution in [0.15, 0.2) is 36.9 Å². The first kappa shape index (κ1) is 12.0. The molecule has 0 aliphatic rings. The van der Waals surface area contributed by atoms with Crippen molar-refractivity contribution in [1.82, 2.24) is 9.55 Å². The fraction of sp³-hybridized carbons (Fsp3) is 0.250. The van der Waals surface area contributed by atoms with Crippen molar-refractivity contribution in [2.75, 3.05) is 6.61 Å². The molecule has 1 aromatic carbocycles. The van der Waals surface area contributed by atoms with Crippen LogP contribution in [-0.2, 0) is 13.1 Å². The Morgan fingerprint density at radius 2 is 2.29 bits per heavy atom. The van der Waals surface area contributed by atoms with Crippen molar-refractivity contribution in [1.29, 1.82) is 0 Å². The van der Waals surface area contributed by atoms with Crippen molar-refractivity contribution in [2.45, 2.75) is 13.1 Å². The summed E-state index contributed by atoms with van der Waals surface area (Å²) in [5, 5.41) is 0.674. The predicted molar refractivity (Wildman–Crippen MR) is 67.1 cm³/mol. The minimum atomic E-state index is 0.418. The number of imidazole rings is 1. The summed E-state index contributed by atoms with van der Waals surface area (Å²) in [6, 6.07) is 5.47. The highest BCUT2D eigenvalue weighted by molar-refractivity contribution is 6.30. The number of ether oxygens (including phenoxy) is 1. The lowest BCUT2D eigenvalue weighted by Gasteiger charge is -2.10. The number of aromatic nitrogens is 2. The number of rotatable bonds is 5. The van der Waals surface area contributed by atoms with Crippen molar-refractivity contribution in [3.8, 4) is 5.75 Å². The molecule has 0 aliphatic carbocycles. The van der Waals surface area contributed by atoms with Crippen LogP contribution in [0.25, 0.3) is 0 Å². The van der Waals surface area contributed by atoms with Gasteiger partial charge in [0.05, 0.1) is 12.9 Å². The van der Waals surface area contributed by atoms with E-state index in [9.17, 15) is 0 Å². The Balaban J connectivity index is 1.94. The molecule has 90 valence electrons. The second-order valence-electron chi connectivity index (χ2n) is 3.61. The molecule has 0 amide bonds. The monoisotopic (exact) mass is 251 g/mol. The molecule has 17 heavy (non-hydrogen) atoms. The van der Waals surface area contributed by atoms with Crippen LogP contribution in [0, 0.1) is 0 Å². The molecular formula is C12H14ClN3O. The van der Waals surface area contributed by atoms with Crippen LogP contribution in [0.3, 0.4) is 0 Å². The minimum Gasteiger partial charge on any atom is -0.491 e. The molecule has 0 atom stereocenters. The van der Waals surface area contributed by atoms with E-state index >= 15 is 0 Å². The lowest BCUT2D eigenvalue weighted by Crippen LogP contribution is -2.08. The average Bonchev–Trinajstić information content (AvgIpc) is 2.84. The van der Waals surface area contributed by atoms with Crippen LogP contribution >= 0.6 is 11.6 Å². The Morgan fingerprint density at radius 1 is 1.41 bits per heavy atom. The van der Waals surface area contributed by atoms with Gasteiger partial charge in [0.15, 0.2) is 0 Å². The third kappa shape index (κ3) is 3.22. The molecule has 2 rings (SSSR count). The highest BCUT2D eigenvalue weighted by Crippen LogP contribution is 2.22. The Bertz CT molecular complexity index is 471.